The number of benzene rings is 1. The maximum atomic E-state index is 13.6. The fourth-order valence-electron chi connectivity index (χ4n) is 1.91. The second-order valence-corrected chi connectivity index (χ2v) is 4.69. The van der Waals surface area contributed by atoms with Crippen LogP contribution in [0.25, 0.3) is 0 Å². The fraction of sp³-hybridized carbons (Fsp3) is 0.333. The van der Waals surface area contributed by atoms with Gasteiger partial charge in [-0.1, -0.05) is 25.1 Å². The summed E-state index contributed by atoms with van der Waals surface area (Å²) in [4.78, 5) is 8.69. The number of rotatable bonds is 5. The minimum atomic E-state index is -0.228. The molecule has 0 saturated heterocycles. The number of aromatic nitrogens is 2. The molecule has 0 unspecified atom stereocenters. The van der Waals surface area contributed by atoms with E-state index in [4.69, 9.17) is 5.73 Å². The van der Waals surface area contributed by atoms with Gasteiger partial charge in [-0.05, 0) is 19.4 Å². The van der Waals surface area contributed by atoms with Crippen LogP contribution in [0.4, 0.5) is 16.0 Å². The molecular weight excluding hydrogens is 255 g/mol. The Morgan fingerprint density at radius 1 is 1.25 bits per heavy atom. The van der Waals surface area contributed by atoms with E-state index in [0.29, 0.717) is 29.6 Å². The zero-order valence-corrected chi connectivity index (χ0v) is 11.8. The molecule has 5 heteroatoms. The van der Waals surface area contributed by atoms with Crippen molar-refractivity contribution in [2.75, 3.05) is 11.1 Å². The molecule has 2 rings (SSSR count). The second kappa shape index (κ2) is 6.32. The molecule has 4 nitrogen and oxygen atoms in total. The molecule has 0 bridgehead atoms. The van der Waals surface area contributed by atoms with Gasteiger partial charge in [-0.15, -0.1) is 0 Å². The molecule has 1 heterocycles. The van der Waals surface area contributed by atoms with Gasteiger partial charge in [-0.2, -0.15) is 0 Å². The van der Waals surface area contributed by atoms with Gasteiger partial charge in [0.2, 0.25) is 0 Å². The molecule has 0 aliphatic rings. The molecule has 3 N–H and O–H groups in total. The van der Waals surface area contributed by atoms with Crippen LogP contribution in [0.1, 0.15) is 30.3 Å². The summed E-state index contributed by atoms with van der Waals surface area (Å²) in [7, 11) is 0. The number of halogens is 1. The Labute approximate surface area is 118 Å². The number of hydrogen-bond donors (Lipinski definition) is 2. The van der Waals surface area contributed by atoms with Crippen LogP contribution >= 0.6 is 0 Å². The number of nitrogens with one attached hydrogen (secondary N) is 1. The molecule has 0 spiro atoms. The first-order valence-electron chi connectivity index (χ1n) is 6.72. The highest BCUT2D eigenvalue weighted by Crippen LogP contribution is 2.19. The summed E-state index contributed by atoms with van der Waals surface area (Å²) < 4.78 is 13.6. The van der Waals surface area contributed by atoms with Crippen molar-refractivity contribution in [3.8, 4) is 0 Å². The summed E-state index contributed by atoms with van der Waals surface area (Å²) in [6.07, 6.45) is 1.73. The summed E-state index contributed by atoms with van der Waals surface area (Å²) in [5.41, 5.74) is 7.28. The lowest BCUT2D eigenvalue weighted by atomic mass is 10.2. The third-order valence-corrected chi connectivity index (χ3v) is 3.11. The first-order chi connectivity index (χ1) is 9.61. The van der Waals surface area contributed by atoms with Gasteiger partial charge in [0.05, 0.1) is 0 Å². The van der Waals surface area contributed by atoms with E-state index >= 15 is 0 Å². The third-order valence-electron chi connectivity index (χ3n) is 3.11. The van der Waals surface area contributed by atoms with Crippen molar-refractivity contribution in [3.63, 3.8) is 0 Å². The maximum Gasteiger partial charge on any atom is 0.135 e. The van der Waals surface area contributed by atoms with Gasteiger partial charge in [0.1, 0.15) is 23.3 Å². The van der Waals surface area contributed by atoms with E-state index in [2.05, 4.69) is 22.2 Å². The molecule has 0 radical (unpaired) electrons. The first kappa shape index (κ1) is 14.2. The highest BCUT2D eigenvalue weighted by molar-refractivity contribution is 5.55. The smallest absolute Gasteiger partial charge is 0.135 e. The van der Waals surface area contributed by atoms with Crippen LogP contribution in [0, 0.1) is 12.7 Å². The number of nitrogens with two attached hydrogens (primary N) is 1. The highest BCUT2D eigenvalue weighted by Gasteiger charge is 2.09. The van der Waals surface area contributed by atoms with Crippen molar-refractivity contribution in [2.45, 2.75) is 33.2 Å². The largest absolute Gasteiger partial charge is 0.383 e. The quantitative estimate of drug-likeness (QED) is 0.879. The van der Waals surface area contributed by atoms with E-state index in [9.17, 15) is 4.39 Å². The topological polar surface area (TPSA) is 63.8 Å². The molecule has 0 amide bonds. The van der Waals surface area contributed by atoms with Crippen LogP contribution in [-0.2, 0) is 13.0 Å². The summed E-state index contributed by atoms with van der Waals surface area (Å²) in [6.45, 7) is 4.29. The SMILES string of the molecule is CCCc1nc(N)c(C)c(NCc2ccccc2F)n1. The zero-order valence-electron chi connectivity index (χ0n) is 11.8. The Bertz CT molecular complexity index is 598. The average molecular weight is 274 g/mol. The van der Waals surface area contributed by atoms with Crippen LogP contribution in [-0.4, -0.2) is 9.97 Å². The van der Waals surface area contributed by atoms with E-state index < -0.39 is 0 Å². The van der Waals surface area contributed by atoms with Crippen molar-refractivity contribution in [1.29, 1.82) is 0 Å². The van der Waals surface area contributed by atoms with Gasteiger partial charge in [-0.3, -0.25) is 0 Å². The molecule has 0 atom stereocenters. The number of anilines is 2. The lowest BCUT2D eigenvalue weighted by Gasteiger charge is -2.12. The predicted octanol–water partition coefficient (Wildman–Crippen LogP) is 3.07. The predicted molar refractivity (Wildman–Crippen MR) is 78.9 cm³/mol. The highest BCUT2D eigenvalue weighted by atomic mass is 19.1. The van der Waals surface area contributed by atoms with Crippen molar-refractivity contribution < 1.29 is 4.39 Å². The number of hydrogen-bond acceptors (Lipinski definition) is 4. The lowest BCUT2D eigenvalue weighted by Crippen LogP contribution is -2.10. The van der Waals surface area contributed by atoms with Crippen LogP contribution in [0.2, 0.25) is 0 Å². The number of nitrogens with zero attached hydrogens (tertiary/aromatic N) is 2. The van der Waals surface area contributed by atoms with Crippen LogP contribution in [0.3, 0.4) is 0 Å². The molecule has 20 heavy (non-hydrogen) atoms. The van der Waals surface area contributed by atoms with Crippen molar-refractivity contribution in [1.82, 2.24) is 9.97 Å². The zero-order chi connectivity index (χ0) is 14.5. The molecule has 1 aromatic carbocycles. The molecule has 0 fully saturated rings. The Kier molecular flexibility index (Phi) is 4.50. The molecule has 106 valence electrons. The van der Waals surface area contributed by atoms with E-state index in [1.165, 1.54) is 6.07 Å². The van der Waals surface area contributed by atoms with Crippen LogP contribution < -0.4 is 11.1 Å². The fourth-order valence-corrected chi connectivity index (χ4v) is 1.91. The second-order valence-electron chi connectivity index (χ2n) is 4.69. The van der Waals surface area contributed by atoms with E-state index in [1.54, 1.807) is 12.1 Å². The Balaban J connectivity index is 2.18. The Morgan fingerprint density at radius 2 is 2.00 bits per heavy atom. The van der Waals surface area contributed by atoms with Crippen LogP contribution in [0.15, 0.2) is 24.3 Å². The lowest BCUT2D eigenvalue weighted by molar-refractivity contribution is 0.613. The van der Waals surface area contributed by atoms with Crippen molar-refractivity contribution in [2.24, 2.45) is 0 Å². The monoisotopic (exact) mass is 274 g/mol. The van der Waals surface area contributed by atoms with Gasteiger partial charge in [-0.25, -0.2) is 14.4 Å². The Hall–Kier alpha value is -2.17. The summed E-state index contributed by atoms with van der Waals surface area (Å²) in [5.74, 6) is 1.63. The van der Waals surface area contributed by atoms with Gasteiger partial charge < -0.3 is 11.1 Å². The number of nitrogen functional groups attached to an aromatic ring is 1. The summed E-state index contributed by atoms with van der Waals surface area (Å²) >= 11 is 0. The molecule has 0 aliphatic carbocycles. The normalized spacial score (nSPS) is 10.6. The van der Waals surface area contributed by atoms with Gasteiger partial charge in [0, 0.05) is 24.1 Å². The summed E-state index contributed by atoms with van der Waals surface area (Å²) in [5, 5.41) is 3.14. The molecule has 0 saturated carbocycles. The van der Waals surface area contributed by atoms with Crippen molar-refractivity contribution >= 4 is 11.6 Å². The van der Waals surface area contributed by atoms with Gasteiger partial charge >= 0.3 is 0 Å². The van der Waals surface area contributed by atoms with E-state index in [1.807, 2.05) is 13.0 Å². The molecule has 0 aliphatic heterocycles. The minimum Gasteiger partial charge on any atom is -0.383 e. The maximum absolute atomic E-state index is 13.6. The molecular formula is C15H19FN4. The Morgan fingerprint density at radius 3 is 2.70 bits per heavy atom. The molecule has 1 aromatic heterocycles. The summed E-state index contributed by atoms with van der Waals surface area (Å²) in [6, 6.07) is 6.67. The third kappa shape index (κ3) is 3.23. The van der Waals surface area contributed by atoms with Gasteiger partial charge in [0.25, 0.3) is 0 Å². The van der Waals surface area contributed by atoms with Crippen molar-refractivity contribution in [3.05, 3.63) is 47.0 Å². The molecule has 2 aromatic rings. The van der Waals surface area contributed by atoms with Crippen LogP contribution in [0.5, 0.6) is 0 Å². The average Bonchev–Trinajstić information content (AvgIpc) is 2.43. The number of aryl methyl sites for hydroxylation is 1. The van der Waals surface area contributed by atoms with E-state index in [-0.39, 0.29) is 5.82 Å². The minimum absolute atomic E-state index is 0.228. The van der Waals surface area contributed by atoms with Gasteiger partial charge in [0.15, 0.2) is 0 Å². The van der Waals surface area contributed by atoms with E-state index in [0.717, 1.165) is 18.4 Å². The first-order valence-corrected chi connectivity index (χ1v) is 6.72. The standard InChI is InChI=1S/C15H19FN4/c1-3-6-13-19-14(17)10(2)15(20-13)18-9-11-7-4-5-8-12(11)16/h4-5,7-8H,3,6,9H2,1-2H3,(H3,17,18,19,20).